The molecule has 0 saturated heterocycles. The van der Waals surface area contributed by atoms with Gasteiger partial charge >= 0.3 is 0 Å². The van der Waals surface area contributed by atoms with E-state index in [1.54, 1.807) is 7.11 Å². The van der Waals surface area contributed by atoms with Gasteiger partial charge in [-0.05, 0) is 43.4 Å². The molecule has 0 spiro atoms. The number of methoxy groups -OCH3 is 1. The van der Waals surface area contributed by atoms with Crippen molar-refractivity contribution in [3.05, 3.63) is 42.5 Å². The van der Waals surface area contributed by atoms with E-state index in [-0.39, 0.29) is 5.11 Å². The summed E-state index contributed by atoms with van der Waals surface area (Å²) in [5.41, 5.74) is 16.7. The van der Waals surface area contributed by atoms with Gasteiger partial charge in [0.15, 0.2) is 5.11 Å². The van der Waals surface area contributed by atoms with Crippen LogP contribution in [-0.4, -0.2) is 16.8 Å². The monoisotopic (exact) mass is 340 g/mol. The van der Waals surface area contributed by atoms with Crippen molar-refractivity contribution in [3.63, 3.8) is 0 Å². The van der Waals surface area contributed by atoms with Gasteiger partial charge in [-0.2, -0.15) is 0 Å². The third-order valence-corrected chi connectivity index (χ3v) is 4.13. The summed E-state index contributed by atoms with van der Waals surface area (Å²) in [6, 6.07) is 13.8. The van der Waals surface area contributed by atoms with Crippen LogP contribution in [0.15, 0.2) is 42.5 Å². The average Bonchev–Trinajstić information content (AvgIpc) is 2.86. The first-order chi connectivity index (χ1) is 11.5. The molecule has 0 bridgehead atoms. The molecule has 0 atom stereocenters. The molecule has 0 radical (unpaired) electrons. The largest absolute Gasteiger partial charge is 0.497 e. The zero-order chi connectivity index (χ0) is 17.3. The maximum absolute atomic E-state index is 6.46. The van der Waals surface area contributed by atoms with Crippen LogP contribution in [0.3, 0.4) is 0 Å². The van der Waals surface area contributed by atoms with Crippen LogP contribution in [0, 0.1) is 0 Å². The minimum Gasteiger partial charge on any atom is -0.497 e. The molecule has 0 amide bonds. The predicted molar refractivity (Wildman–Crippen MR) is 104 cm³/mol. The zero-order valence-corrected chi connectivity index (χ0v) is 14.5. The van der Waals surface area contributed by atoms with E-state index in [9.17, 15) is 0 Å². The molecule has 0 saturated carbocycles. The first-order valence-electron chi connectivity index (χ1n) is 7.67. The molecule has 0 unspecified atom stereocenters. The number of fused-ring (bicyclic) bond motifs is 1. The summed E-state index contributed by atoms with van der Waals surface area (Å²) in [5.74, 6) is 0.810. The average molecular weight is 340 g/mol. The van der Waals surface area contributed by atoms with Crippen molar-refractivity contribution in [1.82, 2.24) is 4.57 Å². The molecule has 5 nitrogen and oxygen atoms in total. The van der Waals surface area contributed by atoms with Crippen molar-refractivity contribution in [2.24, 2.45) is 5.73 Å². The summed E-state index contributed by atoms with van der Waals surface area (Å²) >= 11 is 4.91. The Labute approximate surface area is 146 Å². The summed E-state index contributed by atoms with van der Waals surface area (Å²) in [4.78, 5) is 0. The molecule has 24 heavy (non-hydrogen) atoms. The van der Waals surface area contributed by atoms with Gasteiger partial charge in [0.1, 0.15) is 5.75 Å². The number of ether oxygens (including phenoxy) is 1. The second-order valence-corrected chi connectivity index (χ2v) is 5.90. The number of hydrogen-bond donors (Lipinski definition) is 3. The number of nitrogens with zero attached hydrogens (tertiary/aromatic N) is 1. The Morgan fingerprint density at radius 1 is 1.25 bits per heavy atom. The lowest BCUT2D eigenvalue weighted by atomic mass is 10.1. The number of nitrogens with one attached hydrogen (secondary N) is 1. The SMILES string of the molecule is CCn1c(-c2cccc(NC(N)=S)c2)c(N)c2ccc(OC)cc21. The molecule has 1 heterocycles. The van der Waals surface area contributed by atoms with Gasteiger partial charge in [0.05, 0.1) is 24.0 Å². The fourth-order valence-electron chi connectivity index (χ4n) is 3.01. The third kappa shape index (κ3) is 2.76. The number of thiocarbonyl (C=S) groups is 1. The number of aromatic nitrogens is 1. The number of hydrogen-bond acceptors (Lipinski definition) is 3. The number of anilines is 2. The zero-order valence-electron chi connectivity index (χ0n) is 13.7. The van der Waals surface area contributed by atoms with E-state index in [0.29, 0.717) is 0 Å². The van der Waals surface area contributed by atoms with Crippen LogP contribution in [0.5, 0.6) is 5.75 Å². The topological polar surface area (TPSA) is 78.2 Å². The van der Waals surface area contributed by atoms with Crippen molar-refractivity contribution in [1.29, 1.82) is 0 Å². The second kappa shape index (κ2) is 6.41. The molecule has 2 aromatic carbocycles. The molecular formula is C18H20N4OS. The lowest BCUT2D eigenvalue weighted by molar-refractivity contribution is 0.415. The summed E-state index contributed by atoms with van der Waals surface area (Å²) < 4.78 is 7.53. The Morgan fingerprint density at radius 2 is 2.04 bits per heavy atom. The van der Waals surface area contributed by atoms with E-state index in [1.165, 1.54) is 0 Å². The van der Waals surface area contributed by atoms with E-state index in [1.807, 2.05) is 42.5 Å². The number of rotatable bonds is 4. The van der Waals surface area contributed by atoms with E-state index < -0.39 is 0 Å². The van der Waals surface area contributed by atoms with Crippen LogP contribution in [0.25, 0.3) is 22.2 Å². The molecule has 1 aromatic heterocycles. The highest BCUT2D eigenvalue weighted by Crippen LogP contribution is 2.38. The van der Waals surface area contributed by atoms with Crippen LogP contribution in [-0.2, 0) is 6.54 Å². The maximum atomic E-state index is 6.46. The van der Waals surface area contributed by atoms with Crippen molar-refractivity contribution >= 4 is 39.6 Å². The van der Waals surface area contributed by atoms with E-state index in [2.05, 4.69) is 16.8 Å². The van der Waals surface area contributed by atoms with E-state index in [0.717, 1.165) is 45.8 Å². The Bertz CT molecular complexity index is 917. The minimum absolute atomic E-state index is 0.237. The Balaban J connectivity index is 2.22. The number of benzene rings is 2. The lowest BCUT2D eigenvalue weighted by Crippen LogP contribution is -2.18. The fraction of sp³-hybridized carbons (Fsp3) is 0.167. The van der Waals surface area contributed by atoms with Crippen LogP contribution in [0.1, 0.15) is 6.92 Å². The van der Waals surface area contributed by atoms with E-state index >= 15 is 0 Å². The Kier molecular flexibility index (Phi) is 4.31. The van der Waals surface area contributed by atoms with Crippen molar-refractivity contribution < 1.29 is 4.74 Å². The highest BCUT2D eigenvalue weighted by molar-refractivity contribution is 7.80. The van der Waals surface area contributed by atoms with Crippen LogP contribution >= 0.6 is 12.2 Å². The highest BCUT2D eigenvalue weighted by Gasteiger charge is 2.16. The van der Waals surface area contributed by atoms with Crippen molar-refractivity contribution in [2.75, 3.05) is 18.2 Å². The smallest absolute Gasteiger partial charge is 0.168 e. The summed E-state index contributed by atoms with van der Waals surface area (Å²) in [7, 11) is 1.66. The quantitative estimate of drug-likeness (QED) is 0.633. The first-order valence-corrected chi connectivity index (χ1v) is 8.08. The standard InChI is InChI=1S/C18H20N4OS/c1-3-22-15-10-13(23-2)7-8-14(15)16(19)17(22)11-5-4-6-12(9-11)21-18(20)24/h4-10H,3,19H2,1-2H3,(H3,20,21,24). The molecule has 3 rings (SSSR count). The minimum atomic E-state index is 0.237. The van der Waals surface area contributed by atoms with Gasteiger partial charge in [-0.15, -0.1) is 0 Å². The van der Waals surface area contributed by atoms with Gasteiger partial charge in [0.25, 0.3) is 0 Å². The van der Waals surface area contributed by atoms with Crippen LogP contribution in [0.4, 0.5) is 11.4 Å². The number of nitrogens with two attached hydrogens (primary N) is 2. The Morgan fingerprint density at radius 3 is 2.71 bits per heavy atom. The molecular weight excluding hydrogens is 320 g/mol. The molecule has 0 aliphatic carbocycles. The van der Waals surface area contributed by atoms with Crippen LogP contribution in [0.2, 0.25) is 0 Å². The molecule has 0 aliphatic rings. The normalized spacial score (nSPS) is 10.8. The van der Waals surface area contributed by atoms with Crippen LogP contribution < -0.4 is 21.5 Å². The molecule has 5 N–H and O–H groups in total. The van der Waals surface area contributed by atoms with Gasteiger partial charge in [-0.3, -0.25) is 0 Å². The molecule has 6 heteroatoms. The summed E-state index contributed by atoms with van der Waals surface area (Å²) in [6.07, 6.45) is 0. The molecule has 124 valence electrons. The Hall–Kier alpha value is -2.73. The van der Waals surface area contributed by atoms with Gasteiger partial charge in [0.2, 0.25) is 0 Å². The van der Waals surface area contributed by atoms with Crippen molar-refractivity contribution in [3.8, 4) is 17.0 Å². The van der Waals surface area contributed by atoms with Gasteiger partial charge in [0, 0.05) is 29.2 Å². The highest BCUT2D eigenvalue weighted by atomic mass is 32.1. The number of nitrogen functional groups attached to an aromatic ring is 1. The molecule has 0 fully saturated rings. The molecule has 3 aromatic rings. The lowest BCUT2D eigenvalue weighted by Gasteiger charge is -2.11. The maximum Gasteiger partial charge on any atom is 0.168 e. The first kappa shape index (κ1) is 16.1. The fourth-order valence-corrected chi connectivity index (χ4v) is 3.13. The third-order valence-electron chi connectivity index (χ3n) is 4.03. The van der Waals surface area contributed by atoms with Gasteiger partial charge in [-0.25, -0.2) is 0 Å². The number of aryl methyl sites for hydroxylation is 1. The van der Waals surface area contributed by atoms with Gasteiger partial charge < -0.3 is 26.1 Å². The van der Waals surface area contributed by atoms with Crippen molar-refractivity contribution in [2.45, 2.75) is 13.5 Å². The summed E-state index contributed by atoms with van der Waals surface area (Å²) in [5, 5.41) is 4.21. The van der Waals surface area contributed by atoms with E-state index in [4.69, 9.17) is 28.4 Å². The summed E-state index contributed by atoms with van der Waals surface area (Å²) in [6.45, 7) is 2.89. The van der Waals surface area contributed by atoms with Gasteiger partial charge in [-0.1, -0.05) is 12.1 Å². The predicted octanol–water partition coefficient (Wildman–Crippen LogP) is 3.57. The second-order valence-electron chi connectivity index (χ2n) is 5.46. The molecule has 0 aliphatic heterocycles.